The van der Waals surface area contributed by atoms with E-state index in [4.69, 9.17) is 4.74 Å². The minimum absolute atomic E-state index is 0.0171. The van der Waals surface area contributed by atoms with Gasteiger partial charge in [0.15, 0.2) is 0 Å². The lowest BCUT2D eigenvalue weighted by atomic mass is 10.1. The van der Waals surface area contributed by atoms with Gasteiger partial charge in [0.05, 0.1) is 16.6 Å². The number of ether oxygens (including phenoxy) is 1. The molecule has 9 heteroatoms. The SMILES string of the molecule is CC(=O)Nc1ccc(S(=O)(=O)Nc2sc(C)c(C)c2C(=O)OC(C)C)cc1. The first kappa shape index (κ1) is 20.9. The third-order valence-corrected chi connectivity index (χ3v) is 6.26. The number of hydrogen-bond acceptors (Lipinski definition) is 6. The Morgan fingerprint density at radius 1 is 1.11 bits per heavy atom. The van der Waals surface area contributed by atoms with E-state index in [-0.39, 0.29) is 27.5 Å². The summed E-state index contributed by atoms with van der Waals surface area (Å²) in [7, 11) is -3.91. The van der Waals surface area contributed by atoms with Crippen LogP contribution in [0.2, 0.25) is 0 Å². The summed E-state index contributed by atoms with van der Waals surface area (Å²) in [4.78, 5) is 24.3. The standard InChI is InChI=1S/C18H22N2O5S2/c1-10(2)25-18(22)16-11(3)12(4)26-17(16)20-27(23,24)15-8-6-14(7-9-15)19-13(5)21/h6-10,20H,1-5H3,(H,19,21). The summed E-state index contributed by atoms with van der Waals surface area (Å²) in [5, 5.41) is 2.80. The maximum absolute atomic E-state index is 12.7. The Kier molecular flexibility index (Phi) is 6.27. The molecule has 0 bridgehead atoms. The highest BCUT2D eigenvalue weighted by atomic mass is 32.2. The second kappa shape index (κ2) is 8.10. The molecule has 2 rings (SSSR count). The molecular weight excluding hydrogens is 388 g/mol. The lowest BCUT2D eigenvalue weighted by molar-refractivity contribution is -0.114. The van der Waals surface area contributed by atoms with Crippen LogP contribution in [0.3, 0.4) is 0 Å². The lowest BCUT2D eigenvalue weighted by Gasteiger charge is -2.12. The summed E-state index contributed by atoms with van der Waals surface area (Å²) >= 11 is 1.18. The Balaban J connectivity index is 2.34. The predicted molar refractivity (Wildman–Crippen MR) is 106 cm³/mol. The van der Waals surface area contributed by atoms with Crippen LogP contribution < -0.4 is 10.0 Å². The largest absolute Gasteiger partial charge is 0.459 e. The Labute approximate surface area is 162 Å². The van der Waals surface area contributed by atoms with Crippen LogP contribution in [0.4, 0.5) is 10.7 Å². The molecule has 0 saturated carbocycles. The number of sulfonamides is 1. The molecule has 2 aromatic rings. The van der Waals surface area contributed by atoms with E-state index in [1.807, 2.05) is 6.92 Å². The average molecular weight is 411 g/mol. The highest BCUT2D eigenvalue weighted by Crippen LogP contribution is 2.34. The number of amides is 1. The first-order chi connectivity index (χ1) is 12.5. The molecule has 2 N–H and O–H groups in total. The van der Waals surface area contributed by atoms with Gasteiger partial charge >= 0.3 is 5.97 Å². The molecule has 0 aliphatic carbocycles. The van der Waals surface area contributed by atoms with Crippen LogP contribution in [0.25, 0.3) is 0 Å². The number of carbonyl (C=O) groups excluding carboxylic acids is 2. The second-order valence-electron chi connectivity index (χ2n) is 6.25. The molecule has 146 valence electrons. The molecule has 0 saturated heterocycles. The van der Waals surface area contributed by atoms with Gasteiger partial charge in [-0.25, -0.2) is 13.2 Å². The fraction of sp³-hybridized carbons (Fsp3) is 0.333. The van der Waals surface area contributed by atoms with Crippen molar-refractivity contribution in [3.8, 4) is 0 Å². The molecule has 1 aromatic carbocycles. The van der Waals surface area contributed by atoms with Gasteiger partial charge in [-0.1, -0.05) is 0 Å². The summed E-state index contributed by atoms with van der Waals surface area (Å²) in [5.41, 5.74) is 1.40. The normalized spacial score (nSPS) is 11.3. The van der Waals surface area contributed by atoms with Gasteiger partial charge in [0.2, 0.25) is 5.91 Å². The molecule has 0 spiro atoms. The number of rotatable bonds is 6. The molecule has 0 atom stereocenters. The maximum atomic E-state index is 12.7. The van der Waals surface area contributed by atoms with Crippen molar-refractivity contribution in [1.82, 2.24) is 0 Å². The number of thiophene rings is 1. The zero-order chi connectivity index (χ0) is 20.4. The van der Waals surface area contributed by atoms with Crippen molar-refractivity contribution in [1.29, 1.82) is 0 Å². The van der Waals surface area contributed by atoms with Crippen molar-refractivity contribution >= 4 is 43.9 Å². The Morgan fingerprint density at radius 3 is 2.22 bits per heavy atom. The monoisotopic (exact) mass is 410 g/mol. The topological polar surface area (TPSA) is 102 Å². The average Bonchev–Trinajstić information content (AvgIpc) is 2.80. The number of benzene rings is 1. The molecule has 0 fully saturated rings. The van der Waals surface area contributed by atoms with Crippen LogP contribution in [0, 0.1) is 13.8 Å². The summed E-state index contributed by atoms with van der Waals surface area (Å²) < 4.78 is 33.1. The molecule has 0 aliphatic rings. The van der Waals surface area contributed by atoms with E-state index in [9.17, 15) is 18.0 Å². The van der Waals surface area contributed by atoms with E-state index >= 15 is 0 Å². The van der Waals surface area contributed by atoms with Crippen LogP contribution >= 0.6 is 11.3 Å². The van der Waals surface area contributed by atoms with Crippen LogP contribution in [-0.2, 0) is 19.6 Å². The fourth-order valence-electron chi connectivity index (χ4n) is 2.32. The minimum Gasteiger partial charge on any atom is -0.459 e. The molecule has 0 radical (unpaired) electrons. The van der Waals surface area contributed by atoms with Gasteiger partial charge < -0.3 is 10.1 Å². The Hall–Kier alpha value is -2.39. The van der Waals surface area contributed by atoms with E-state index in [1.165, 1.54) is 42.5 Å². The molecule has 1 aromatic heterocycles. The van der Waals surface area contributed by atoms with Crippen LogP contribution in [-0.4, -0.2) is 26.4 Å². The highest BCUT2D eigenvalue weighted by Gasteiger charge is 2.25. The Bertz CT molecular complexity index is 960. The number of carbonyl (C=O) groups is 2. The van der Waals surface area contributed by atoms with E-state index in [0.717, 1.165) is 4.88 Å². The van der Waals surface area contributed by atoms with Gasteiger partial charge in [0.1, 0.15) is 5.00 Å². The van der Waals surface area contributed by atoms with E-state index in [1.54, 1.807) is 20.8 Å². The lowest BCUT2D eigenvalue weighted by Crippen LogP contribution is -2.17. The molecular formula is C18H22N2O5S2. The highest BCUT2D eigenvalue weighted by molar-refractivity contribution is 7.93. The van der Waals surface area contributed by atoms with Crippen molar-refractivity contribution < 1.29 is 22.7 Å². The van der Waals surface area contributed by atoms with Crippen molar-refractivity contribution in [3.63, 3.8) is 0 Å². The first-order valence-corrected chi connectivity index (χ1v) is 10.5. The third kappa shape index (κ3) is 5.08. The van der Waals surface area contributed by atoms with Gasteiger partial charge in [0, 0.05) is 17.5 Å². The fourth-order valence-corrected chi connectivity index (χ4v) is 4.67. The molecule has 7 nitrogen and oxygen atoms in total. The van der Waals surface area contributed by atoms with Gasteiger partial charge in [-0.15, -0.1) is 11.3 Å². The summed E-state index contributed by atoms with van der Waals surface area (Å²) in [6.45, 7) is 8.39. The predicted octanol–water partition coefficient (Wildman–Crippen LogP) is 3.69. The molecule has 0 unspecified atom stereocenters. The maximum Gasteiger partial charge on any atom is 0.341 e. The quantitative estimate of drug-likeness (QED) is 0.707. The van der Waals surface area contributed by atoms with Crippen LogP contribution in [0.1, 0.15) is 41.6 Å². The van der Waals surface area contributed by atoms with Crippen molar-refractivity contribution in [2.75, 3.05) is 10.0 Å². The second-order valence-corrected chi connectivity index (χ2v) is 9.16. The zero-order valence-corrected chi connectivity index (χ0v) is 17.4. The number of anilines is 2. The zero-order valence-electron chi connectivity index (χ0n) is 15.7. The van der Waals surface area contributed by atoms with Gasteiger partial charge in [-0.3, -0.25) is 9.52 Å². The number of nitrogens with one attached hydrogen (secondary N) is 2. The Morgan fingerprint density at radius 2 is 1.70 bits per heavy atom. The molecule has 27 heavy (non-hydrogen) atoms. The van der Waals surface area contributed by atoms with E-state index < -0.39 is 16.0 Å². The van der Waals surface area contributed by atoms with E-state index in [0.29, 0.717) is 11.3 Å². The summed E-state index contributed by atoms with van der Waals surface area (Å²) in [5.74, 6) is -0.813. The van der Waals surface area contributed by atoms with Gasteiger partial charge in [0.25, 0.3) is 10.0 Å². The minimum atomic E-state index is -3.91. The van der Waals surface area contributed by atoms with Crippen LogP contribution in [0.5, 0.6) is 0 Å². The number of esters is 1. The molecule has 1 heterocycles. The van der Waals surface area contributed by atoms with Crippen LogP contribution in [0.15, 0.2) is 29.2 Å². The summed E-state index contributed by atoms with van der Waals surface area (Å²) in [6.07, 6.45) is -0.317. The van der Waals surface area contributed by atoms with Crippen molar-refractivity contribution in [3.05, 3.63) is 40.3 Å². The van der Waals surface area contributed by atoms with Gasteiger partial charge in [-0.2, -0.15) is 0 Å². The number of aryl methyl sites for hydroxylation is 1. The summed E-state index contributed by atoms with van der Waals surface area (Å²) in [6, 6.07) is 5.75. The van der Waals surface area contributed by atoms with E-state index in [2.05, 4.69) is 10.0 Å². The smallest absolute Gasteiger partial charge is 0.341 e. The third-order valence-electron chi connectivity index (χ3n) is 3.64. The van der Waals surface area contributed by atoms with Crippen molar-refractivity contribution in [2.45, 2.75) is 45.6 Å². The van der Waals surface area contributed by atoms with Gasteiger partial charge in [-0.05, 0) is 57.5 Å². The molecule has 1 amide bonds. The number of hydrogen-bond donors (Lipinski definition) is 2. The molecule has 0 aliphatic heterocycles. The first-order valence-electron chi connectivity index (χ1n) is 8.22. The van der Waals surface area contributed by atoms with Crippen molar-refractivity contribution in [2.24, 2.45) is 0 Å².